The fourth-order valence-electron chi connectivity index (χ4n) is 1.95. The highest BCUT2D eigenvalue weighted by Crippen LogP contribution is 2.04. The van der Waals surface area contributed by atoms with Crippen molar-refractivity contribution in [3.8, 4) is 0 Å². The second-order valence-electron chi connectivity index (χ2n) is 4.52. The van der Waals surface area contributed by atoms with Crippen molar-refractivity contribution >= 4 is 22.9 Å². The fourth-order valence-corrected chi connectivity index (χ4v) is 1.95. The van der Waals surface area contributed by atoms with Crippen LogP contribution in [0.1, 0.15) is 24.0 Å². The molecule has 19 heavy (non-hydrogen) atoms. The molecule has 1 heterocycles. The minimum atomic E-state index is 0. The van der Waals surface area contributed by atoms with Gasteiger partial charge in [0.15, 0.2) is 5.96 Å². The summed E-state index contributed by atoms with van der Waals surface area (Å²) in [6, 6.07) is 8.07. The highest BCUT2D eigenvalue weighted by atomic mass is 79.9. The molecule has 0 aromatic heterocycles. The van der Waals surface area contributed by atoms with Crippen molar-refractivity contribution < 1.29 is 5.11 Å². The Morgan fingerprint density at radius 2 is 1.89 bits per heavy atom. The van der Waals surface area contributed by atoms with Crippen molar-refractivity contribution in [1.82, 2.24) is 10.6 Å². The number of benzene rings is 1. The van der Waals surface area contributed by atoms with E-state index in [0.29, 0.717) is 0 Å². The van der Waals surface area contributed by atoms with Gasteiger partial charge in [0.25, 0.3) is 0 Å². The van der Waals surface area contributed by atoms with Crippen LogP contribution in [0, 0.1) is 0 Å². The van der Waals surface area contributed by atoms with Gasteiger partial charge in [-0.15, -0.1) is 17.0 Å². The number of halogens is 1. The van der Waals surface area contributed by atoms with Gasteiger partial charge < -0.3 is 15.7 Å². The third-order valence-corrected chi connectivity index (χ3v) is 3.06. The lowest BCUT2D eigenvalue weighted by atomic mass is 10.1. The zero-order valence-electron chi connectivity index (χ0n) is 11.1. The minimum Gasteiger partial charge on any atom is -0.392 e. The van der Waals surface area contributed by atoms with Gasteiger partial charge in [-0.2, -0.15) is 0 Å². The minimum absolute atomic E-state index is 0. The maximum Gasteiger partial charge on any atom is 0.191 e. The molecule has 0 aliphatic carbocycles. The van der Waals surface area contributed by atoms with Crippen molar-refractivity contribution in [2.24, 2.45) is 4.99 Å². The summed E-state index contributed by atoms with van der Waals surface area (Å²) in [6.45, 7) is 2.92. The quantitative estimate of drug-likeness (QED) is 0.787. The van der Waals surface area contributed by atoms with E-state index in [1.165, 1.54) is 18.4 Å². The molecule has 0 atom stereocenters. The van der Waals surface area contributed by atoms with Crippen molar-refractivity contribution in [2.75, 3.05) is 19.6 Å². The molecule has 1 aliphatic rings. The second kappa shape index (κ2) is 8.93. The van der Waals surface area contributed by atoms with Crippen LogP contribution in [-0.4, -0.2) is 30.7 Å². The van der Waals surface area contributed by atoms with Crippen LogP contribution in [0.5, 0.6) is 0 Å². The smallest absolute Gasteiger partial charge is 0.191 e. The van der Waals surface area contributed by atoms with Gasteiger partial charge in [-0.05, 0) is 30.4 Å². The molecule has 0 unspecified atom stereocenters. The lowest BCUT2D eigenvalue weighted by molar-refractivity contribution is 0.282. The molecule has 0 bridgehead atoms. The maximum absolute atomic E-state index is 8.97. The van der Waals surface area contributed by atoms with E-state index in [1.807, 2.05) is 12.1 Å². The van der Waals surface area contributed by atoms with Gasteiger partial charge in [-0.3, -0.25) is 4.99 Å². The molecule has 5 heteroatoms. The van der Waals surface area contributed by atoms with E-state index in [4.69, 9.17) is 5.11 Å². The number of nitrogens with zero attached hydrogens (tertiary/aromatic N) is 1. The van der Waals surface area contributed by atoms with Crippen LogP contribution in [-0.2, 0) is 13.0 Å². The summed E-state index contributed by atoms with van der Waals surface area (Å²) >= 11 is 0. The molecule has 0 saturated carbocycles. The summed E-state index contributed by atoms with van der Waals surface area (Å²) < 4.78 is 0. The number of hydrogen-bond donors (Lipinski definition) is 3. The third-order valence-electron chi connectivity index (χ3n) is 3.06. The number of nitrogens with one attached hydrogen (secondary N) is 2. The Kier molecular flexibility index (Phi) is 7.52. The molecule has 0 radical (unpaired) electrons. The van der Waals surface area contributed by atoms with Crippen LogP contribution >= 0.6 is 17.0 Å². The standard InChI is InChI=1S/C14H21N3O.BrH/c18-11-13-5-3-12(4-6-13)7-10-17-14-15-8-1-2-9-16-14;/h3-6,18H,1-2,7-11H2,(H2,15,16,17);1H. The first-order valence-electron chi connectivity index (χ1n) is 6.59. The molecule has 106 valence electrons. The van der Waals surface area contributed by atoms with E-state index < -0.39 is 0 Å². The third kappa shape index (κ3) is 5.61. The Hall–Kier alpha value is -1.07. The predicted octanol–water partition coefficient (Wildman–Crippen LogP) is 1.63. The first-order valence-corrected chi connectivity index (χ1v) is 6.59. The zero-order valence-corrected chi connectivity index (χ0v) is 12.8. The number of aliphatic hydroxyl groups is 1. The van der Waals surface area contributed by atoms with Gasteiger partial charge in [-0.25, -0.2) is 0 Å². The molecule has 0 amide bonds. The van der Waals surface area contributed by atoms with Crippen molar-refractivity contribution in [3.63, 3.8) is 0 Å². The number of rotatable bonds is 4. The monoisotopic (exact) mass is 327 g/mol. The molecular formula is C14H22BrN3O. The van der Waals surface area contributed by atoms with E-state index in [0.717, 1.165) is 37.6 Å². The largest absolute Gasteiger partial charge is 0.392 e. The molecule has 4 nitrogen and oxygen atoms in total. The molecule has 0 saturated heterocycles. The van der Waals surface area contributed by atoms with E-state index in [9.17, 15) is 0 Å². The van der Waals surface area contributed by atoms with Crippen LogP contribution < -0.4 is 10.6 Å². The maximum atomic E-state index is 8.97. The lowest BCUT2D eigenvalue weighted by Crippen LogP contribution is -2.38. The molecule has 0 fully saturated rings. The molecule has 1 aromatic rings. The summed E-state index contributed by atoms with van der Waals surface area (Å²) in [5.41, 5.74) is 2.23. The number of aliphatic imine (C=N–C) groups is 1. The summed E-state index contributed by atoms with van der Waals surface area (Å²) in [7, 11) is 0. The predicted molar refractivity (Wildman–Crippen MR) is 83.9 cm³/mol. The van der Waals surface area contributed by atoms with Crippen molar-refractivity contribution in [1.29, 1.82) is 0 Å². The average molecular weight is 328 g/mol. The molecule has 1 aromatic carbocycles. The Morgan fingerprint density at radius 1 is 1.16 bits per heavy atom. The number of guanidine groups is 1. The summed E-state index contributed by atoms with van der Waals surface area (Å²) in [5.74, 6) is 0.930. The molecular weight excluding hydrogens is 306 g/mol. The highest BCUT2D eigenvalue weighted by molar-refractivity contribution is 8.93. The second-order valence-corrected chi connectivity index (χ2v) is 4.52. The van der Waals surface area contributed by atoms with E-state index in [-0.39, 0.29) is 23.6 Å². The zero-order chi connectivity index (χ0) is 12.6. The van der Waals surface area contributed by atoms with Crippen molar-refractivity contribution in [3.05, 3.63) is 35.4 Å². The molecule has 1 aliphatic heterocycles. The van der Waals surface area contributed by atoms with Crippen LogP contribution in [0.25, 0.3) is 0 Å². The van der Waals surface area contributed by atoms with Gasteiger partial charge in [0.2, 0.25) is 0 Å². The fraction of sp³-hybridized carbons (Fsp3) is 0.500. The first-order chi connectivity index (χ1) is 8.88. The highest BCUT2D eigenvalue weighted by Gasteiger charge is 2.01. The topological polar surface area (TPSA) is 56.6 Å². The number of hydrogen-bond acceptors (Lipinski definition) is 4. The van der Waals surface area contributed by atoms with Crippen LogP contribution in [0.2, 0.25) is 0 Å². The SMILES string of the molecule is Br.OCc1ccc(CCNC2=NCCCCN2)cc1. The first kappa shape index (κ1) is 16.0. The summed E-state index contributed by atoms with van der Waals surface area (Å²) in [6.07, 6.45) is 3.32. The molecule has 3 N–H and O–H groups in total. The van der Waals surface area contributed by atoms with Gasteiger partial charge >= 0.3 is 0 Å². The number of aliphatic hydroxyl groups excluding tert-OH is 1. The normalized spacial score (nSPS) is 14.7. The van der Waals surface area contributed by atoms with Gasteiger partial charge in [-0.1, -0.05) is 24.3 Å². The van der Waals surface area contributed by atoms with E-state index >= 15 is 0 Å². The van der Waals surface area contributed by atoms with Crippen LogP contribution in [0.3, 0.4) is 0 Å². The van der Waals surface area contributed by atoms with Gasteiger partial charge in [0, 0.05) is 19.6 Å². The Balaban J connectivity index is 0.00000180. The Bertz CT molecular complexity index is 392. The van der Waals surface area contributed by atoms with Gasteiger partial charge in [0.1, 0.15) is 0 Å². The van der Waals surface area contributed by atoms with Crippen LogP contribution in [0.15, 0.2) is 29.3 Å². The average Bonchev–Trinajstić information content (AvgIpc) is 2.68. The summed E-state index contributed by atoms with van der Waals surface area (Å²) in [5, 5.41) is 15.6. The van der Waals surface area contributed by atoms with Crippen LogP contribution in [0.4, 0.5) is 0 Å². The Labute approximate surface area is 125 Å². The molecule has 2 rings (SSSR count). The van der Waals surface area contributed by atoms with Crippen molar-refractivity contribution in [2.45, 2.75) is 25.9 Å². The van der Waals surface area contributed by atoms with Gasteiger partial charge in [0.05, 0.1) is 6.61 Å². The Morgan fingerprint density at radius 3 is 2.63 bits per heavy atom. The summed E-state index contributed by atoms with van der Waals surface area (Å²) in [4.78, 5) is 4.44. The van der Waals surface area contributed by atoms with E-state index in [2.05, 4.69) is 27.8 Å². The molecule has 0 spiro atoms. The van der Waals surface area contributed by atoms with E-state index in [1.54, 1.807) is 0 Å². The lowest BCUT2D eigenvalue weighted by Gasteiger charge is -2.10.